The van der Waals surface area contributed by atoms with Gasteiger partial charge in [0.2, 0.25) is 0 Å². The molecule has 8 nitrogen and oxygen atoms in total. The number of rotatable bonds is 4. The van der Waals surface area contributed by atoms with Crippen LogP contribution in [0.4, 0.5) is 5.82 Å². The first-order valence-electron chi connectivity index (χ1n) is 8.98. The molecular formula is C19H22ClN5O3. The third-order valence-corrected chi connectivity index (χ3v) is 5.75. The maximum Gasteiger partial charge on any atom is 0.155 e. The van der Waals surface area contributed by atoms with Gasteiger partial charge in [-0.05, 0) is 30.2 Å². The largest absolute Gasteiger partial charge is 0.390 e. The minimum absolute atomic E-state index is 0.383. The fourth-order valence-electron chi connectivity index (χ4n) is 4.05. The second kappa shape index (κ2) is 7.31. The second-order valence-electron chi connectivity index (χ2n) is 7.21. The Balaban J connectivity index is 1.66. The van der Waals surface area contributed by atoms with Crippen LogP contribution in [0.1, 0.15) is 24.1 Å². The summed E-state index contributed by atoms with van der Waals surface area (Å²) in [6.07, 6.45) is 0.546. The van der Waals surface area contributed by atoms with Gasteiger partial charge in [0.25, 0.3) is 0 Å². The number of benzene rings is 1. The first-order valence-corrected chi connectivity index (χ1v) is 9.36. The molecule has 5 N–H and O–H groups in total. The van der Waals surface area contributed by atoms with Gasteiger partial charge in [-0.1, -0.05) is 23.7 Å². The summed E-state index contributed by atoms with van der Waals surface area (Å²) < 4.78 is 1.81. The third kappa shape index (κ3) is 3.13. The van der Waals surface area contributed by atoms with Gasteiger partial charge >= 0.3 is 0 Å². The van der Waals surface area contributed by atoms with Gasteiger partial charge in [0, 0.05) is 24.2 Å². The zero-order chi connectivity index (χ0) is 20.0. The number of hydrogen-bond donors (Lipinski definition) is 4. The lowest BCUT2D eigenvalue weighted by molar-refractivity contribution is -0.0264. The zero-order valence-electron chi connectivity index (χ0n) is 15.2. The van der Waals surface area contributed by atoms with Crippen molar-refractivity contribution >= 4 is 28.5 Å². The molecule has 2 heterocycles. The highest BCUT2D eigenvalue weighted by Gasteiger charge is 2.46. The molecule has 0 radical (unpaired) electrons. The Morgan fingerprint density at radius 3 is 2.57 bits per heavy atom. The molecule has 0 aliphatic heterocycles. The summed E-state index contributed by atoms with van der Waals surface area (Å²) in [7, 11) is 1.69. The average Bonchev–Trinajstić information content (AvgIpc) is 3.23. The van der Waals surface area contributed by atoms with Crippen LogP contribution in [-0.2, 0) is 0 Å². The summed E-state index contributed by atoms with van der Waals surface area (Å²) in [6.45, 7) is 0. The molecule has 1 aliphatic rings. The molecular weight excluding hydrogens is 382 g/mol. The standard InChI is InChI=1S/C19H22ClN5O3/c1-24(21)18-12-6-7-25(19(12)23-9-22-18)14-8-13(16(27)17(14)28)15(26)10-2-4-11(20)5-3-10/h2-7,9,13-17,26-28H,8,21H2,1H3/t13-,14-,15-,16-,17+/m1/s1. The van der Waals surface area contributed by atoms with E-state index in [0.717, 1.165) is 5.39 Å². The second-order valence-corrected chi connectivity index (χ2v) is 7.65. The number of hydrogen-bond acceptors (Lipinski definition) is 7. The molecule has 1 aromatic carbocycles. The molecule has 0 saturated heterocycles. The van der Waals surface area contributed by atoms with E-state index in [1.807, 2.05) is 10.6 Å². The maximum atomic E-state index is 10.8. The Hall–Kier alpha value is -2.23. The van der Waals surface area contributed by atoms with Crippen molar-refractivity contribution in [1.29, 1.82) is 0 Å². The van der Waals surface area contributed by atoms with E-state index in [1.54, 1.807) is 37.5 Å². The number of halogens is 1. The van der Waals surface area contributed by atoms with E-state index >= 15 is 0 Å². The van der Waals surface area contributed by atoms with Crippen molar-refractivity contribution in [2.45, 2.75) is 30.8 Å². The third-order valence-electron chi connectivity index (χ3n) is 5.49. The summed E-state index contributed by atoms with van der Waals surface area (Å²) in [6, 6.07) is 8.22. The summed E-state index contributed by atoms with van der Waals surface area (Å²) in [5.41, 5.74) is 1.26. The highest BCUT2D eigenvalue weighted by Crippen LogP contribution is 2.43. The van der Waals surface area contributed by atoms with Crippen LogP contribution in [0.25, 0.3) is 11.0 Å². The normalized spacial score (nSPS) is 25.9. The van der Waals surface area contributed by atoms with Crippen molar-refractivity contribution in [3.63, 3.8) is 0 Å². The van der Waals surface area contributed by atoms with Gasteiger partial charge in [-0.15, -0.1) is 0 Å². The molecule has 3 aromatic rings. The molecule has 0 unspecified atom stereocenters. The molecule has 0 amide bonds. The lowest BCUT2D eigenvalue weighted by atomic mass is 9.92. The van der Waals surface area contributed by atoms with Gasteiger partial charge in [-0.25, -0.2) is 15.8 Å². The molecule has 9 heteroatoms. The van der Waals surface area contributed by atoms with Gasteiger partial charge < -0.3 is 19.9 Å². The lowest BCUT2D eigenvalue weighted by Crippen LogP contribution is -2.31. The zero-order valence-corrected chi connectivity index (χ0v) is 16.0. The quantitative estimate of drug-likeness (QED) is 0.384. The van der Waals surface area contributed by atoms with Crippen molar-refractivity contribution in [3.8, 4) is 0 Å². The van der Waals surface area contributed by atoms with Crippen molar-refractivity contribution in [2.75, 3.05) is 12.1 Å². The topological polar surface area (TPSA) is 121 Å². The number of aliphatic hydroxyl groups excluding tert-OH is 3. The maximum absolute atomic E-state index is 10.8. The van der Waals surface area contributed by atoms with Crippen LogP contribution in [0.15, 0.2) is 42.9 Å². The average molecular weight is 404 g/mol. The Labute approximate surface area is 166 Å². The Kier molecular flexibility index (Phi) is 4.98. The summed E-state index contributed by atoms with van der Waals surface area (Å²) >= 11 is 5.91. The van der Waals surface area contributed by atoms with Crippen molar-refractivity contribution in [1.82, 2.24) is 14.5 Å². The number of fused-ring (bicyclic) bond motifs is 1. The minimum Gasteiger partial charge on any atom is -0.390 e. The van der Waals surface area contributed by atoms with Crippen molar-refractivity contribution in [3.05, 3.63) is 53.4 Å². The van der Waals surface area contributed by atoms with Gasteiger partial charge in [0.1, 0.15) is 18.1 Å². The molecule has 1 saturated carbocycles. The van der Waals surface area contributed by atoms with Crippen LogP contribution in [0.3, 0.4) is 0 Å². The Morgan fingerprint density at radius 1 is 1.18 bits per heavy atom. The minimum atomic E-state index is -1.08. The Morgan fingerprint density at radius 2 is 1.89 bits per heavy atom. The van der Waals surface area contributed by atoms with E-state index in [1.165, 1.54) is 11.3 Å². The predicted molar refractivity (Wildman–Crippen MR) is 106 cm³/mol. The number of aromatic nitrogens is 3. The molecule has 28 heavy (non-hydrogen) atoms. The first kappa shape index (κ1) is 19.1. The highest BCUT2D eigenvalue weighted by atomic mass is 35.5. The van der Waals surface area contributed by atoms with Gasteiger partial charge in [0.15, 0.2) is 5.82 Å². The smallest absolute Gasteiger partial charge is 0.155 e. The lowest BCUT2D eigenvalue weighted by Gasteiger charge is -2.22. The molecule has 4 rings (SSSR count). The van der Waals surface area contributed by atoms with Crippen LogP contribution in [-0.4, -0.2) is 49.1 Å². The van der Waals surface area contributed by atoms with Crippen LogP contribution in [0.5, 0.6) is 0 Å². The van der Waals surface area contributed by atoms with Gasteiger partial charge in [0.05, 0.1) is 23.6 Å². The number of nitrogens with two attached hydrogens (primary N) is 1. The van der Waals surface area contributed by atoms with Crippen LogP contribution >= 0.6 is 11.6 Å². The molecule has 148 valence electrons. The summed E-state index contributed by atoms with van der Waals surface area (Å²) in [5.74, 6) is 5.86. The molecule has 1 fully saturated rings. The Bertz CT molecular complexity index is 977. The van der Waals surface area contributed by atoms with E-state index in [-0.39, 0.29) is 0 Å². The molecule has 0 spiro atoms. The summed E-state index contributed by atoms with van der Waals surface area (Å²) in [5, 5.41) is 34.8. The van der Waals surface area contributed by atoms with E-state index in [9.17, 15) is 15.3 Å². The van der Waals surface area contributed by atoms with Crippen molar-refractivity contribution < 1.29 is 15.3 Å². The van der Waals surface area contributed by atoms with E-state index in [2.05, 4.69) is 9.97 Å². The van der Waals surface area contributed by atoms with E-state index in [4.69, 9.17) is 17.4 Å². The highest BCUT2D eigenvalue weighted by molar-refractivity contribution is 6.30. The molecule has 1 aliphatic carbocycles. The van der Waals surface area contributed by atoms with Crippen molar-refractivity contribution in [2.24, 2.45) is 11.8 Å². The van der Waals surface area contributed by atoms with Crippen LogP contribution in [0.2, 0.25) is 5.02 Å². The predicted octanol–water partition coefficient (Wildman–Crippen LogP) is 1.41. The molecule has 0 bridgehead atoms. The van der Waals surface area contributed by atoms with E-state index < -0.39 is 30.3 Å². The monoisotopic (exact) mass is 403 g/mol. The number of aliphatic hydroxyl groups is 3. The fraction of sp³-hybridized carbons (Fsp3) is 0.368. The number of anilines is 1. The van der Waals surface area contributed by atoms with E-state index in [0.29, 0.717) is 28.5 Å². The first-order chi connectivity index (χ1) is 13.4. The fourth-order valence-corrected chi connectivity index (χ4v) is 4.17. The molecule has 2 aromatic heterocycles. The van der Waals surface area contributed by atoms with Crippen LogP contribution < -0.4 is 10.9 Å². The summed E-state index contributed by atoms with van der Waals surface area (Å²) in [4.78, 5) is 8.51. The SMILES string of the molecule is CN(N)c1ncnc2c1ccn2[C@@H]1C[C@H]([C@H](O)c2ccc(Cl)cc2)[C@@H](O)[C@H]1O. The van der Waals surface area contributed by atoms with Gasteiger partial charge in [-0.3, -0.25) is 5.01 Å². The van der Waals surface area contributed by atoms with Crippen LogP contribution in [0, 0.1) is 5.92 Å². The molecule has 5 atom stereocenters. The number of nitrogens with zero attached hydrogens (tertiary/aromatic N) is 4. The van der Waals surface area contributed by atoms with Gasteiger partial charge in [-0.2, -0.15) is 0 Å². The number of hydrazine groups is 1.